The summed E-state index contributed by atoms with van der Waals surface area (Å²) in [6.07, 6.45) is 1.26. The van der Waals surface area contributed by atoms with Gasteiger partial charge in [-0.3, -0.25) is 29.1 Å². The molecule has 2 saturated heterocycles. The predicted octanol–water partition coefficient (Wildman–Crippen LogP) is 0.856. The first kappa shape index (κ1) is 37.3. The van der Waals surface area contributed by atoms with Crippen LogP contribution in [0.25, 0.3) is 0 Å². The number of allylic oxidation sites excluding steroid dienone is 1. The number of oxime groups is 1. The van der Waals surface area contributed by atoms with E-state index in [1.807, 2.05) is 0 Å². The number of amidine groups is 1. The van der Waals surface area contributed by atoms with Crippen molar-refractivity contribution in [1.29, 1.82) is 0 Å². The van der Waals surface area contributed by atoms with Crippen LogP contribution in [0.5, 0.6) is 11.5 Å². The number of hydrogen-bond acceptors (Lipinski definition) is 13. The number of hydrogen-bond donors (Lipinski definition) is 6. The minimum atomic E-state index is -1.31. The smallest absolute Gasteiger partial charge is 0.348 e. The van der Waals surface area contributed by atoms with Gasteiger partial charge in [-0.15, -0.1) is 11.8 Å². The molecular formula is C31H39ClN7O9S2+. The van der Waals surface area contributed by atoms with Crippen molar-refractivity contribution in [2.75, 3.05) is 44.2 Å². The normalized spacial score (nSPS) is 23.6. The van der Waals surface area contributed by atoms with E-state index in [-0.39, 0.29) is 39.5 Å². The molecule has 0 aliphatic carbocycles. The Balaban J connectivity index is 1.26. The molecule has 270 valence electrons. The molecule has 16 nitrogen and oxygen atoms in total. The van der Waals surface area contributed by atoms with Crippen LogP contribution in [0.15, 0.2) is 33.6 Å². The number of aliphatic carboxylic acids is 1. The number of rotatable bonds is 14. The predicted molar refractivity (Wildman–Crippen MR) is 187 cm³/mol. The van der Waals surface area contributed by atoms with E-state index in [0.29, 0.717) is 29.6 Å². The number of carboxylic acid groups (broad SMARTS) is 1. The number of halogens is 1. The topological polar surface area (TPSA) is 233 Å². The van der Waals surface area contributed by atoms with Crippen LogP contribution in [0.4, 0.5) is 0 Å². The molecule has 0 bridgehead atoms. The molecule has 1 aromatic rings. The lowest BCUT2D eigenvalue weighted by Gasteiger charge is -2.50. The molecule has 0 spiro atoms. The van der Waals surface area contributed by atoms with E-state index in [2.05, 4.69) is 20.8 Å². The molecule has 7 N–H and O–H groups in total. The average Bonchev–Trinajstić information content (AvgIpc) is 3.72. The van der Waals surface area contributed by atoms with Gasteiger partial charge < -0.3 is 41.0 Å². The Hall–Kier alpha value is -4.00. The summed E-state index contributed by atoms with van der Waals surface area (Å²) < 4.78 is 0.589. The van der Waals surface area contributed by atoms with Gasteiger partial charge in [-0.25, -0.2) is 4.79 Å². The molecule has 4 heterocycles. The first-order valence-electron chi connectivity index (χ1n) is 16.0. The Morgan fingerprint density at radius 2 is 1.98 bits per heavy atom. The number of phenolic OH excluding ortho intramolecular Hbond substituents is 2. The van der Waals surface area contributed by atoms with Crippen LogP contribution in [0.1, 0.15) is 37.0 Å². The van der Waals surface area contributed by atoms with Crippen molar-refractivity contribution in [2.45, 2.75) is 50.3 Å². The second-order valence-corrected chi connectivity index (χ2v) is 15.3. The number of nitrogens with zero attached hydrogens (tertiary/aromatic N) is 4. The number of aromatic hydroxyl groups is 2. The number of likely N-dealkylation sites (tertiary alicyclic amines) is 1. The van der Waals surface area contributed by atoms with Gasteiger partial charge in [0.15, 0.2) is 28.7 Å². The number of nitrogens with two attached hydrogens (primary N) is 1. The maximum absolute atomic E-state index is 13.5. The van der Waals surface area contributed by atoms with E-state index in [1.165, 1.54) is 40.6 Å². The minimum absolute atomic E-state index is 0.0264. The van der Waals surface area contributed by atoms with Crippen LogP contribution in [-0.2, 0) is 24.0 Å². The molecule has 3 amide bonds. The molecule has 0 saturated carbocycles. The summed E-state index contributed by atoms with van der Waals surface area (Å²) in [4.78, 5) is 74.7. The summed E-state index contributed by atoms with van der Waals surface area (Å²) >= 11 is 8.67. The summed E-state index contributed by atoms with van der Waals surface area (Å²) in [6, 6.07) is 0.731. The van der Waals surface area contributed by atoms with E-state index in [9.17, 15) is 39.3 Å². The highest BCUT2D eigenvalue weighted by atomic mass is 35.5. The van der Waals surface area contributed by atoms with Crippen molar-refractivity contribution in [3.63, 3.8) is 0 Å². The molecule has 4 aliphatic rings. The van der Waals surface area contributed by atoms with E-state index in [1.54, 1.807) is 13.8 Å². The van der Waals surface area contributed by atoms with Crippen molar-refractivity contribution in [1.82, 2.24) is 15.5 Å². The van der Waals surface area contributed by atoms with Gasteiger partial charge >= 0.3 is 5.97 Å². The van der Waals surface area contributed by atoms with Gasteiger partial charge in [-0.1, -0.05) is 42.4 Å². The lowest BCUT2D eigenvalue weighted by atomic mass is 10.0. The van der Waals surface area contributed by atoms with Crippen LogP contribution in [0.3, 0.4) is 0 Å². The minimum Gasteiger partial charge on any atom is -0.504 e. The number of carboxylic acids is 1. The van der Waals surface area contributed by atoms with E-state index in [0.717, 1.165) is 31.5 Å². The van der Waals surface area contributed by atoms with Gasteiger partial charge in [-0.05, 0) is 12.1 Å². The van der Waals surface area contributed by atoms with Crippen molar-refractivity contribution < 1.29 is 48.6 Å². The summed E-state index contributed by atoms with van der Waals surface area (Å²) in [5, 5.41) is 37.9. The van der Waals surface area contributed by atoms with Gasteiger partial charge in [0.1, 0.15) is 24.0 Å². The number of aliphatic imine (C=N–C) groups is 1. The maximum atomic E-state index is 13.5. The Labute approximate surface area is 301 Å². The summed E-state index contributed by atoms with van der Waals surface area (Å²) in [5.74, 6) is -3.72. The quantitative estimate of drug-likeness (QED) is 0.0388. The number of fused-ring (bicyclic) bond motifs is 1. The molecular weight excluding hydrogens is 714 g/mol. The molecule has 2 fully saturated rings. The molecule has 1 unspecified atom stereocenters. The fourth-order valence-corrected chi connectivity index (χ4v) is 8.75. The molecule has 19 heteroatoms. The van der Waals surface area contributed by atoms with Crippen LogP contribution >= 0.6 is 35.1 Å². The number of carbonyl (C=O) groups excluding carboxylic acids is 4. The van der Waals surface area contributed by atoms with E-state index >= 15 is 0 Å². The first-order valence-corrected chi connectivity index (χ1v) is 18.4. The number of phenols is 2. The van der Waals surface area contributed by atoms with Gasteiger partial charge in [0, 0.05) is 35.8 Å². The number of thioether (sulfide) groups is 2. The Morgan fingerprint density at radius 3 is 2.60 bits per heavy atom. The van der Waals surface area contributed by atoms with Crippen molar-refractivity contribution >= 4 is 76.0 Å². The zero-order valence-corrected chi connectivity index (χ0v) is 29.7. The highest BCUT2D eigenvalue weighted by molar-refractivity contribution is 8.14. The second-order valence-electron chi connectivity index (χ2n) is 12.8. The van der Waals surface area contributed by atoms with Crippen molar-refractivity contribution in [2.24, 2.45) is 21.8 Å². The van der Waals surface area contributed by atoms with Crippen LogP contribution in [0, 0.1) is 5.92 Å². The largest absolute Gasteiger partial charge is 0.504 e. The summed E-state index contributed by atoms with van der Waals surface area (Å²) in [6.45, 7) is 6.20. The van der Waals surface area contributed by atoms with Crippen LogP contribution in [0.2, 0.25) is 5.02 Å². The number of carbonyl (C=O) groups is 5. The van der Waals surface area contributed by atoms with Gasteiger partial charge in [-0.2, -0.15) is 0 Å². The molecule has 50 heavy (non-hydrogen) atoms. The van der Waals surface area contributed by atoms with Crippen LogP contribution < -0.4 is 16.4 Å². The Kier molecular flexibility index (Phi) is 11.5. The van der Waals surface area contributed by atoms with E-state index in [4.69, 9.17) is 22.2 Å². The van der Waals surface area contributed by atoms with Crippen LogP contribution in [-0.4, -0.2) is 133 Å². The molecule has 4 atom stereocenters. The number of nitrogens with one attached hydrogen (secondary N) is 2. The first-order chi connectivity index (χ1) is 23.8. The number of aldehydes is 1. The number of quaternary nitrogens is 1. The molecule has 0 radical (unpaired) electrons. The summed E-state index contributed by atoms with van der Waals surface area (Å²) in [7, 11) is 0. The zero-order chi connectivity index (χ0) is 36.3. The third-order valence-corrected chi connectivity index (χ3v) is 11.7. The number of amides is 3. The highest BCUT2D eigenvalue weighted by Crippen LogP contribution is 2.41. The lowest BCUT2D eigenvalue weighted by Crippen LogP contribution is -2.71. The number of β-lactam (4-membered cyclic amide) rings is 1. The third kappa shape index (κ3) is 7.67. The lowest BCUT2D eigenvalue weighted by molar-refractivity contribution is -0.911. The fourth-order valence-electron chi connectivity index (χ4n) is 6.39. The molecule has 0 aromatic heterocycles. The zero-order valence-electron chi connectivity index (χ0n) is 27.3. The molecule has 5 rings (SSSR count). The number of benzene rings is 1. The average molecular weight is 753 g/mol. The van der Waals surface area contributed by atoms with Crippen molar-refractivity contribution in [3.8, 4) is 11.5 Å². The molecule has 4 aliphatic heterocycles. The monoisotopic (exact) mass is 752 g/mol. The standard InChI is InChI=1S/C31H38ClN7O9S2/c1-15(2)25(30(46)47)48-37-22(18-14-50-31(33)35-18)27(44)36-23-28(45)38-19(12-40)16(13-49-29(23)38)11-39(8-3-4-9-39)10-7-34-26(43)17-5-6-20(41)24(42)21(17)32/h5-6,12,15,18,23,25,29H,3-4,7-11,13-14H2,1-2H3,(H6-,33,34,35,36,37,41,42,43,44,46,47)/p+1/t18?,23-,25+,29-/m1/s1. The SMILES string of the molecule is CC(C)[C@H](O/N=C(\C(=O)N[C@@H]1C(=O)N2C(C=O)=C(C[N+]3(CCNC(=O)c4ccc(O)c(O)c4Cl)CCCC3)CS[C@H]12)C1CSC(N)=N1)C(=O)O. The third-order valence-electron chi connectivity index (χ3n) is 9.08. The second kappa shape index (κ2) is 15.5. The maximum Gasteiger partial charge on any atom is 0.348 e. The Morgan fingerprint density at radius 1 is 1.26 bits per heavy atom. The Bertz CT molecular complexity index is 1660. The molecule has 1 aromatic carbocycles. The van der Waals surface area contributed by atoms with E-state index < -0.39 is 64.7 Å². The highest BCUT2D eigenvalue weighted by Gasteiger charge is 2.54. The van der Waals surface area contributed by atoms with Gasteiger partial charge in [0.2, 0.25) is 6.10 Å². The van der Waals surface area contributed by atoms with Gasteiger partial charge in [0.05, 0.1) is 42.5 Å². The summed E-state index contributed by atoms with van der Waals surface area (Å²) in [5.41, 5.74) is 6.67. The van der Waals surface area contributed by atoms with Gasteiger partial charge in [0.25, 0.3) is 17.7 Å². The van der Waals surface area contributed by atoms with Crippen molar-refractivity contribution in [3.05, 3.63) is 34.0 Å². The fraction of sp³-hybridized carbons (Fsp3) is 0.516.